The first-order valence-corrected chi connectivity index (χ1v) is 10.1. The highest BCUT2D eigenvalue weighted by molar-refractivity contribution is 6.15. The van der Waals surface area contributed by atoms with Crippen molar-refractivity contribution in [3.63, 3.8) is 0 Å². The van der Waals surface area contributed by atoms with Gasteiger partial charge in [-0.05, 0) is 54.0 Å². The molecule has 2 aromatic heterocycles. The molecule has 3 aliphatic rings. The van der Waals surface area contributed by atoms with E-state index in [2.05, 4.69) is 28.2 Å². The molecule has 2 fully saturated rings. The van der Waals surface area contributed by atoms with E-state index in [1.807, 2.05) is 10.6 Å². The number of aliphatic imine (C=N–C) groups is 1. The number of fused-ring (bicyclic) bond motifs is 4. The summed E-state index contributed by atoms with van der Waals surface area (Å²) >= 11 is 0. The largest absolute Gasteiger partial charge is 0.442 e. The zero-order chi connectivity index (χ0) is 19.9. The van der Waals surface area contributed by atoms with Gasteiger partial charge >= 0.3 is 0 Å². The SMILES string of the molecule is Fc1ccccc1C1=NCc2c(-c3cnco3)ncn2-c2ccc([C@]34C[C@H]3C4)cc21. The van der Waals surface area contributed by atoms with E-state index in [-0.39, 0.29) is 5.82 Å². The van der Waals surface area contributed by atoms with Crippen LogP contribution in [0, 0.1) is 11.7 Å². The van der Waals surface area contributed by atoms with Crippen LogP contribution in [0.15, 0.2) is 70.8 Å². The monoisotopic (exact) mass is 396 g/mol. The third-order valence-electron chi connectivity index (χ3n) is 6.82. The maximum atomic E-state index is 14.8. The molecule has 30 heavy (non-hydrogen) atoms. The first-order chi connectivity index (χ1) is 14.7. The van der Waals surface area contributed by atoms with Gasteiger partial charge in [-0.3, -0.25) is 9.56 Å². The Morgan fingerprint density at radius 3 is 2.73 bits per heavy atom. The molecule has 0 spiro atoms. The predicted molar refractivity (Wildman–Crippen MR) is 109 cm³/mol. The van der Waals surface area contributed by atoms with Gasteiger partial charge in [-0.1, -0.05) is 18.2 Å². The molecule has 5 nitrogen and oxygen atoms in total. The highest BCUT2D eigenvalue weighted by Crippen LogP contribution is 2.75. The minimum Gasteiger partial charge on any atom is -0.442 e. The summed E-state index contributed by atoms with van der Waals surface area (Å²) in [5.41, 5.74) is 6.44. The van der Waals surface area contributed by atoms with Crippen molar-refractivity contribution >= 4 is 5.71 Å². The van der Waals surface area contributed by atoms with Gasteiger partial charge in [-0.15, -0.1) is 0 Å². The summed E-state index contributed by atoms with van der Waals surface area (Å²) in [6.07, 6.45) is 7.38. The number of hydrogen-bond donors (Lipinski definition) is 0. The van der Waals surface area contributed by atoms with Gasteiger partial charge in [-0.25, -0.2) is 14.4 Å². The van der Waals surface area contributed by atoms with Gasteiger partial charge in [-0.2, -0.15) is 0 Å². The molecule has 1 aliphatic heterocycles. The van der Waals surface area contributed by atoms with E-state index in [1.54, 1.807) is 24.7 Å². The van der Waals surface area contributed by atoms with Crippen molar-refractivity contribution in [2.24, 2.45) is 10.9 Å². The summed E-state index contributed by atoms with van der Waals surface area (Å²) in [6, 6.07) is 13.4. The van der Waals surface area contributed by atoms with Crippen LogP contribution in [0.2, 0.25) is 0 Å². The molecule has 2 aliphatic carbocycles. The number of rotatable bonds is 3. The Morgan fingerprint density at radius 2 is 1.97 bits per heavy atom. The highest BCUT2D eigenvalue weighted by atomic mass is 19.1. The van der Waals surface area contributed by atoms with Crippen LogP contribution in [0.3, 0.4) is 0 Å². The lowest BCUT2D eigenvalue weighted by atomic mass is 9.94. The van der Waals surface area contributed by atoms with Crippen LogP contribution in [-0.4, -0.2) is 20.2 Å². The lowest BCUT2D eigenvalue weighted by molar-refractivity contribution is 0.569. The predicted octanol–water partition coefficient (Wildman–Crippen LogP) is 4.68. The Morgan fingerprint density at radius 1 is 1.10 bits per heavy atom. The van der Waals surface area contributed by atoms with E-state index in [1.165, 1.54) is 30.9 Å². The Balaban J connectivity index is 1.47. The minimum absolute atomic E-state index is 0.262. The fourth-order valence-electron chi connectivity index (χ4n) is 4.81. The number of benzene rings is 2. The zero-order valence-electron chi connectivity index (χ0n) is 16.0. The van der Waals surface area contributed by atoms with Gasteiger partial charge in [0.05, 0.1) is 29.8 Å². The topological polar surface area (TPSA) is 56.2 Å². The molecular weight excluding hydrogens is 379 g/mol. The molecule has 0 atom stereocenters. The van der Waals surface area contributed by atoms with Crippen LogP contribution >= 0.6 is 0 Å². The highest BCUT2D eigenvalue weighted by Gasteiger charge is 2.70. The van der Waals surface area contributed by atoms with Crippen molar-refractivity contribution in [3.05, 3.63) is 89.6 Å². The maximum Gasteiger partial charge on any atom is 0.181 e. The first kappa shape index (κ1) is 16.3. The average Bonchev–Trinajstić information content (AvgIpc) is 3.48. The van der Waals surface area contributed by atoms with Crippen molar-refractivity contribution in [2.75, 3.05) is 0 Å². The maximum absolute atomic E-state index is 14.8. The summed E-state index contributed by atoms with van der Waals surface area (Å²) in [5, 5.41) is 0. The fourth-order valence-corrected chi connectivity index (χ4v) is 4.81. The lowest BCUT2D eigenvalue weighted by Crippen LogP contribution is -2.10. The molecule has 4 aromatic rings. The van der Waals surface area contributed by atoms with Crippen LogP contribution in [0.25, 0.3) is 17.1 Å². The third-order valence-corrected chi connectivity index (χ3v) is 6.82. The van der Waals surface area contributed by atoms with Crippen molar-refractivity contribution in [2.45, 2.75) is 24.8 Å². The molecule has 0 amide bonds. The van der Waals surface area contributed by atoms with Gasteiger partial charge in [0.2, 0.25) is 0 Å². The van der Waals surface area contributed by atoms with E-state index in [4.69, 9.17) is 9.41 Å². The average molecular weight is 396 g/mol. The smallest absolute Gasteiger partial charge is 0.181 e. The van der Waals surface area contributed by atoms with E-state index in [0.717, 1.165) is 22.9 Å². The van der Waals surface area contributed by atoms with Crippen molar-refractivity contribution in [3.8, 4) is 17.1 Å². The second-order valence-corrected chi connectivity index (χ2v) is 8.41. The van der Waals surface area contributed by atoms with Crippen LogP contribution in [0.4, 0.5) is 4.39 Å². The molecule has 2 aromatic carbocycles. The Bertz CT molecular complexity index is 1350. The molecule has 6 heteroatoms. The quantitative estimate of drug-likeness (QED) is 0.505. The van der Waals surface area contributed by atoms with E-state index < -0.39 is 0 Å². The van der Waals surface area contributed by atoms with E-state index >= 15 is 0 Å². The van der Waals surface area contributed by atoms with Crippen LogP contribution < -0.4 is 0 Å². The van der Waals surface area contributed by atoms with Gasteiger partial charge in [0.25, 0.3) is 0 Å². The number of aromatic nitrogens is 3. The number of oxazole rings is 1. The van der Waals surface area contributed by atoms with E-state index in [0.29, 0.717) is 34.7 Å². The van der Waals surface area contributed by atoms with Gasteiger partial charge < -0.3 is 4.42 Å². The molecule has 0 radical (unpaired) electrons. The zero-order valence-corrected chi connectivity index (χ0v) is 16.0. The van der Waals surface area contributed by atoms with Crippen LogP contribution in [0.1, 0.15) is 35.2 Å². The molecule has 7 rings (SSSR count). The molecule has 0 unspecified atom stereocenters. The van der Waals surface area contributed by atoms with Crippen molar-refractivity contribution in [1.29, 1.82) is 0 Å². The van der Waals surface area contributed by atoms with Crippen molar-refractivity contribution in [1.82, 2.24) is 14.5 Å². The second kappa shape index (κ2) is 5.53. The molecule has 146 valence electrons. The fraction of sp³-hybridized carbons (Fsp3) is 0.208. The normalized spacial score (nSPS) is 23.1. The summed E-state index contributed by atoms with van der Waals surface area (Å²) in [7, 11) is 0. The molecule has 2 saturated carbocycles. The number of imidazole rings is 1. The summed E-state index contributed by atoms with van der Waals surface area (Å²) < 4.78 is 22.3. The second-order valence-electron chi connectivity index (χ2n) is 8.41. The number of halogens is 1. The van der Waals surface area contributed by atoms with Gasteiger partial charge in [0.1, 0.15) is 17.8 Å². The summed E-state index contributed by atoms with van der Waals surface area (Å²) in [5.74, 6) is 1.17. The number of nitrogens with zero attached hydrogens (tertiary/aromatic N) is 4. The standard InChI is InChI=1S/C24H17FN4O/c25-18-4-2-1-3-16(18)22-17-7-14(24-8-15(24)9-24)5-6-19(17)29-12-28-23(20(29)10-27-22)21-11-26-13-30-21/h1-7,11-13,15H,8-10H2/t15-,24+. The molecular formula is C24H17FN4O. The molecule has 3 heterocycles. The summed E-state index contributed by atoms with van der Waals surface area (Å²) in [4.78, 5) is 13.5. The Labute approximate surface area is 171 Å². The molecule has 0 N–H and O–H groups in total. The number of hydrogen-bond acceptors (Lipinski definition) is 4. The van der Waals surface area contributed by atoms with Crippen LogP contribution in [-0.2, 0) is 12.0 Å². The molecule has 0 bridgehead atoms. The Kier molecular flexibility index (Phi) is 3.00. The lowest BCUT2D eigenvalue weighted by Gasteiger charge is -2.15. The van der Waals surface area contributed by atoms with E-state index in [9.17, 15) is 4.39 Å². The van der Waals surface area contributed by atoms with Crippen molar-refractivity contribution < 1.29 is 8.81 Å². The Hall–Kier alpha value is -3.54. The van der Waals surface area contributed by atoms with Crippen LogP contribution in [0.5, 0.6) is 0 Å². The van der Waals surface area contributed by atoms with Gasteiger partial charge in [0.15, 0.2) is 12.2 Å². The van der Waals surface area contributed by atoms with Gasteiger partial charge in [0, 0.05) is 11.1 Å². The minimum atomic E-state index is -0.262. The molecule has 0 saturated heterocycles. The third kappa shape index (κ3) is 2.13. The summed E-state index contributed by atoms with van der Waals surface area (Å²) in [6.45, 7) is 0.373. The first-order valence-electron chi connectivity index (χ1n) is 10.1.